The average molecular weight is 378 g/mol. The summed E-state index contributed by atoms with van der Waals surface area (Å²) in [6, 6.07) is 0. The molecule has 4 aliphatic heterocycles. The van der Waals surface area contributed by atoms with Crippen molar-refractivity contribution in [2.24, 2.45) is 0 Å². The predicted molar refractivity (Wildman–Crippen MR) is 86.8 cm³/mol. The van der Waals surface area contributed by atoms with Crippen LogP contribution in [0.1, 0.15) is 41.0 Å². The van der Waals surface area contributed by atoms with E-state index in [4.69, 9.17) is 33.5 Å². The standard InChI is InChI=1S/C9H16O4.C8H14O5/c1-4-5-6(10)7-8(11-5)13-9(2,3)12-7;1-8(2)12-6-5(10)4(3-9)11-7(6)13-8/h5-8,10H,4H2,1-3H3;4-7,9-10H,3H2,1-2H3/t5-,6+,7-,8-;4-,5+,6-,7-/m11/s1. The predicted octanol–water partition coefficient (Wildman–Crippen LogP) is -0.150. The van der Waals surface area contributed by atoms with Gasteiger partial charge in [0.25, 0.3) is 0 Å². The molecule has 0 saturated carbocycles. The van der Waals surface area contributed by atoms with E-state index in [1.807, 2.05) is 20.8 Å². The van der Waals surface area contributed by atoms with Crippen LogP contribution in [-0.2, 0) is 28.4 Å². The van der Waals surface area contributed by atoms with E-state index in [-0.39, 0.29) is 18.8 Å². The molecule has 9 heteroatoms. The van der Waals surface area contributed by atoms with Gasteiger partial charge >= 0.3 is 0 Å². The van der Waals surface area contributed by atoms with Gasteiger partial charge in [0.1, 0.15) is 30.5 Å². The van der Waals surface area contributed by atoms with Gasteiger partial charge in [-0.2, -0.15) is 0 Å². The van der Waals surface area contributed by atoms with Crippen molar-refractivity contribution in [3.05, 3.63) is 0 Å². The van der Waals surface area contributed by atoms with Crippen LogP contribution in [-0.4, -0.2) is 82.7 Å². The van der Waals surface area contributed by atoms with E-state index < -0.39 is 48.6 Å². The van der Waals surface area contributed by atoms with Gasteiger partial charge < -0.3 is 43.7 Å². The second kappa shape index (κ2) is 7.23. The third-order valence-electron chi connectivity index (χ3n) is 4.81. The first-order chi connectivity index (χ1) is 12.1. The fourth-order valence-electron chi connectivity index (χ4n) is 3.60. The smallest absolute Gasteiger partial charge is 0.190 e. The lowest BCUT2D eigenvalue weighted by Gasteiger charge is -2.22. The molecule has 8 atom stereocenters. The molecule has 3 N–H and O–H groups in total. The highest BCUT2D eigenvalue weighted by Crippen LogP contribution is 2.38. The van der Waals surface area contributed by atoms with Crippen molar-refractivity contribution in [3.8, 4) is 0 Å². The maximum Gasteiger partial charge on any atom is 0.190 e. The monoisotopic (exact) mass is 378 g/mol. The fraction of sp³-hybridized carbons (Fsp3) is 1.00. The van der Waals surface area contributed by atoms with Crippen LogP contribution in [0.3, 0.4) is 0 Å². The quantitative estimate of drug-likeness (QED) is 0.603. The molecule has 152 valence electrons. The Morgan fingerprint density at radius 1 is 0.731 bits per heavy atom. The molecule has 4 fully saturated rings. The van der Waals surface area contributed by atoms with Gasteiger partial charge in [-0.3, -0.25) is 0 Å². The molecule has 0 unspecified atom stereocenters. The van der Waals surface area contributed by atoms with Crippen LogP contribution in [0.2, 0.25) is 0 Å². The summed E-state index contributed by atoms with van der Waals surface area (Å²) in [5.74, 6) is -1.34. The molecule has 4 saturated heterocycles. The summed E-state index contributed by atoms with van der Waals surface area (Å²) >= 11 is 0. The highest BCUT2D eigenvalue weighted by atomic mass is 16.8. The maximum absolute atomic E-state index is 9.76. The Morgan fingerprint density at radius 2 is 1.15 bits per heavy atom. The molecule has 4 heterocycles. The van der Waals surface area contributed by atoms with E-state index in [1.54, 1.807) is 13.8 Å². The Labute approximate surface area is 153 Å². The molecule has 0 aromatic heterocycles. The van der Waals surface area contributed by atoms with Gasteiger partial charge in [0.2, 0.25) is 0 Å². The van der Waals surface area contributed by atoms with Crippen LogP contribution in [0.25, 0.3) is 0 Å². The Bertz CT molecular complexity index is 453. The van der Waals surface area contributed by atoms with Gasteiger partial charge in [0.15, 0.2) is 24.2 Å². The second-order valence-corrected chi connectivity index (χ2v) is 7.86. The van der Waals surface area contributed by atoms with Crippen LogP contribution in [0.5, 0.6) is 0 Å². The van der Waals surface area contributed by atoms with Crippen LogP contribution in [0.15, 0.2) is 0 Å². The van der Waals surface area contributed by atoms with Crippen molar-refractivity contribution in [3.63, 3.8) is 0 Å². The molecule has 0 aromatic rings. The molecule has 0 aromatic carbocycles. The van der Waals surface area contributed by atoms with Gasteiger partial charge in [-0.15, -0.1) is 0 Å². The molecule has 4 rings (SSSR count). The summed E-state index contributed by atoms with van der Waals surface area (Å²) in [4.78, 5) is 0. The lowest BCUT2D eigenvalue weighted by molar-refractivity contribution is -0.218. The van der Waals surface area contributed by atoms with Gasteiger partial charge in [-0.25, -0.2) is 0 Å². The topological polar surface area (TPSA) is 116 Å². The van der Waals surface area contributed by atoms with Crippen molar-refractivity contribution in [1.82, 2.24) is 0 Å². The molecule has 0 bridgehead atoms. The summed E-state index contributed by atoms with van der Waals surface area (Å²) in [7, 11) is 0. The summed E-state index contributed by atoms with van der Waals surface area (Å²) < 4.78 is 32.5. The zero-order chi connectivity index (χ0) is 19.3. The fourth-order valence-corrected chi connectivity index (χ4v) is 3.60. The summed E-state index contributed by atoms with van der Waals surface area (Å²) in [5.41, 5.74) is 0. The van der Waals surface area contributed by atoms with Crippen molar-refractivity contribution < 1.29 is 43.7 Å². The number of hydrogen-bond acceptors (Lipinski definition) is 9. The number of aliphatic hydroxyl groups is 3. The zero-order valence-corrected chi connectivity index (χ0v) is 15.8. The summed E-state index contributed by atoms with van der Waals surface area (Å²) in [6.45, 7) is 8.91. The third-order valence-corrected chi connectivity index (χ3v) is 4.81. The minimum Gasteiger partial charge on any atom is -0.394 e. The number of hydrogen-bond donors (Lipinski definition) is 3. The summed E-state index contributed by atoms with van der Waals surface area (Å²) in [6.07, 6.45) is -3.07. The van der Waals surface area contributed by atoms with Gasteiger partial charge in [-0.1, -0.05) is 6.92 Å². The molecule has 0 amide bonds. The first-order valence-corrected chi connectivity index (χ1v) is 9.06. The van der Waals surface area contributed by atoms with Gasteiger partial charge in [0, 0.05) is 0 Å². The largest absolute Gasteiger partial charge is 0.394 e. The molecular weight excluding hydrogens is 348 g/mol. The Balaban J connectivity index is 0.000000151. The average Bonchev–Trinajstić information content (AvgIpc) is 3.20. The number of fused-ring (bicyclic) bond motifs is 2. The van der Waals surface area contributed by atoms with Crippen LogP contribution >= 0.6 is 0 Å². The normalized spacial score (nSPS) is 48.0. The molecular formula is C17H30O9. The SMILES string of the molecule is CC1(C)O[C@H]2O[C@H](CO)[C@H](O)[C@H]2O1.CC[C@H]1O[C@@H]2OC(C)(C)O[C@@H]2[C@H]1O. The number of rotatable bonds is 2. The number of aliphatic hydroxyl groups excluding tert-OH is 3. The molecule has 0 radical (unpaired) electrons. The van der Waals surface area contributed by atoms with Crippen molar-refractivity contribution >= 4 is 0 Å². The minimum absolute atomic E-state index is 0.147. The molecule has 0 aliphatic carbocycles. The Hall–Kier alpha value is -0.360. The second-order valence-electron chi connectivity index (χ2n) is 7.86. The first-order valence-electron chi connectivity index (χ1n) is 9.06. The highest BCUT2D eigenvalue weighted by molar-refractivity contribution is 4.93. The number of ether oxygens (including phenoxy) is 6. The van der Waals surface area contributed by atoms with Gasteiger partial charge in [-0.05, 0) is 34.1 Å². The molecule has 4 aliphatic rings. The van der Waals surface area contributed by atoms with E-state index in [9.17, 15) is 10.2 Å². The lowest BCUT2D eigenvalue weighted by Crippen LogP contribution is -2.36. The maximum atomic E-state index is 9.76. The van der Waals surface area contributed by atoms with E-state index in [0.29, 0.717) is 0 Å². The zero-order valence-electron chi connectivity index (χ0n) is 15.8. The van der Waals surface area contributed by atoms with Crippen LogP contribution in [0.4, 0.5) is 0 Å². The molecule has 26 heavy (non-hydrogen) atoms. The van der Waals surface area contributed by atoms with Crippen molar-refractivity contribution in [2.75, 3.05) is 6.61 Å². The van der Waals surface area contributed by atoms with Crippen LogP contribution in [0, 0.1) is 0 Å². The minimum atomic E-state index is -0.809. The van der Waals surface area contributed by atoms with E-state index in [0.717, 1.165) is 6.42 Å². The van der Waals surface area contributed by atoms with E-state index in [2.05, 4.69) is 0 Å². The van der Waals surface area contributed by atoms with Crippen molar-refractivity contribution in [2.45, 2.75) is 102 Å². The third kappa shape index (κ3) is 3.91. The molecule has 0 spiro atoms. The van der Waals surface area contributed by atoms with Crippen LogP contribution < -0.4 is 0 Å². The van der Waals surface area contributed by atoms with Crippen molar-refractivity contribution in [1.29, 1.82) is 0 Å². The van der Waals surface area contributed by atoms with E-state index >= 15 is 0 Å². The summed E-state index contributed by atoms with van der Waals surface area (Å²) in [5, 5.41) is 28.2. The molecule has 9 nitrogen and oxygen atoms in total. The Morgan fingerprint density at radius 3 is 1.54 bits per heavy atom. The Kier molecular flexibility index (Phi) is 5.67. The highest BCUT2D eigenvalue weighted by Gasteiger charge is 2.54. The van der Waals surface area contributed by atoms with E-state index in [1.165, 1.54) is 0 Å². The van der Waals surface area contributed by atoms with Gasteiger partial charge in [0.05, 0.1) is 12.7 Å². The first kappa shape index (κ1) is 20.4. The lowest BCUT2D eigenvalue weighted by atomic mass is 10.1.